The van der Waals surface area contributed by atoms with Gasteiger partial charge in [-0.25, -0.2) is 0 Å². The van der Waals surface area contributed by atoms with Crippen LogP contribution in [0, 0.1) is 12.8 Å². The molecule has 3 nitrogen and oxygen atoms in total. The standard InChI is InChI=1S/C15H21N3S/c1-11-13(10-17-18-11)9-16-15(12-5-2-3-6-12)14-7-4-8-19-14/h4,7-8,10,12,15-16H,2-3,5-6,9H2,1H3,(H,17,18). The van der Waals surface area contributed by atoms with Crippen molar-refractivity contribution in [1.29, 1.82) is 0 Å². The average Bonchev–Trinajstić information content (AvgIpc) is 3.13. The van der Waals surface area contributed by atoms with Crippen molar-refractivity contribution in [3.63, 3.8) is 0 Å². The Kier molecular flexibility index (Phi) is 3.99. The fourth-order valence-electron chi connectivity index (χ4n) is 3.03. The van der Waals surface area contributed by atoms with Crippen LogP contribution in [0.25, 0.3) is 0 Å². The third kappa shape index (κ3) is 2.90. The van der Waals surface area contributed by atoms with Crippen molar-refractivity contribution in [2.75, 3.05) is 0 Å². The van der Waals surface area contributed by atoms with Crippen LogP contribution in [0.1, 0.15) is 47.9 Å². The molecular weight excluding hydrogens is 254 g/mol. The highest BCUT2D eigenvalue weighted by atomic mass is 32.1. The lowest BCUT2D eigenvalue weighted by molar-refractivity contribution is 0.370. The molecule has 1 fully saturated rings. The molecule has 0 saturated heterocycles. The molecule has 0 aromatic carbocycles. The van der Waals surface area contributed by atoms with Crippen molar-refractivity contribution < 1.29 is 0 Å². The monoisotopic (exact) mass is 275 g/mol. The Balaban J connectivity index is 1.71. The Morgan fingerprint density at radius 1 is 1.47 bits per heavy atom. The Morgan fingerprint density at radius 3 is 2.95 bits per heavy atom. The summed E-state index contributed by atoms with van der Waals surface area (Å²) in [5.41, 5.74) is 2.45. The van der Waals surface area contributed by atoms with Gasteiger partial charge in [-0.1, -0.05) is 18.9 Å². The number of aryl methyl sites for hydroxylation is 1. The van der Waals surface area contributed by atoms with Crippen LogP contribution in [0.4, 0.5) is 0 Å². The summed E-state index contributed by atoms with van der Waals surface area (Å²) in [4.78, 5) is 1.48. The van der Waals surface area contributed by atoms with Crippen LogP contribution in [-0.2, 0) is 6.54 Å². The first-order valence-electron chi connectivity index (χ1n) is 7.10. The second kappa shape index (κ2) is 5.88. The minimum absolute atomic E-state index is 0.511. The summed E-state index contributed by atoms with van der Waals surface area (Å²) >= 11 is 1.87. The molecule has 1 unspecified atom stereocenters. The van der Waals surface area contributed by atoms with Crippen LogP contribution in [0.15, 0.2) is 23.7 Å². The highest BCUT2D eigenvalue weighted by Crippen LogP contribution is 2.37. The second-order valence-corrected chi connectivity index (χ2v) is 6.42. The van der Waals surface area contributed by atoms with Gasteiger partial charge in [0.05, 0.1) is 6.20 Å². The highest BCUT2D eigenvalue weighted by Gasteiger charge is 2.26. The Labute approximate surface area is 118 Å². The van der Waals surface area contributed by atoms with E-state index in [9.17, 15) is 0 Å². The highest BCUT2D eigenvalue weighted by molar-refractivity contribution is 7.10. The first kappa shape index (κ1) is 12.9. The molecule has 2 aromatic heterocycles. The van der Waals surface area contributed by atoms with E-state index in [4.69, 9.17) is 0 Å². The first-order chi connectivity index (χ1) is 9.34. The van der Waals surface area contributed by atoms with Gasteiger partial charge in [0.15, 0.2) is 0 Å². The summed E-state index contributed by atoms with van der Waals surface area (Å²) in [5.74, 6) is 0.797. The van der Waals surface area contributed by atoms with E-state index in [1.165, 1.54) is 41.8 Å². The van der Waals surface area contributed by atoms with Crippen LogP contribution in [0.3, 0.4) is 0 Å². The van der Waals surface area contributed by atoms with E-state index in [0.717, 1.165) is 12.5 Å². The van der Waals surface area contributed by atoms with Gasteiger partial charge < -0.3 is 5.32 Å². The van der Waals surface area contributed by atoms with Gasteiger partial charge in [-0.15, -0.1) is 11.3 Å². The topological polar surface area (TPSA) is 40.7 Å². The molecule has 1 aliphatic rings. The van der Waals surface area contributed by atoms with Gasteiger partial charge in [0.1, 0.15) is 0 Å². The molecule has 4 heteroatoms. The van der Waals surface area contributed by atoms with Gasteiger partial charge in [0.25, 0.3) is 0 Å². The molecule has 0 bridgehead atoms. The van der Waals surface area contributed by atoms with Crippen LogP contribution < -0.4 is 5.32 Å². The Bertz CT molecular complexity index is 497. The molecule has 19 heavy (non-hydrogen) atoms. The zero-order valence-corrected chi connectivity index (χ0v) is 12.2. The maximum Gasteiger partial charge on any atom is 0.0535 e. The van der Waals surface area contributed by atoms with Gasteiger partial charge in [-0.2, -0.15) is 5.10 Å². The largest absolute Gasteiger partial charge is 0.305 e. The van der Waals surface area contributed by atoms with Gasteiger partial charge in [-0.05, 0) is 37.1 Å². The van der Waals surface area contributed by atoms with Crippen molar-refractivity contribution in [2.24, 2.45) is 5.92 Å². The number of nitrogens with zero attached hydrogens (tertiary/aromatic N) is 1. The van der Waals surface area contributed by atoms with Crippen LogP contribution in [-0.4, -0.2) is 10.2 Å². The lowest BCUT2D eigenvalue weighted by Crippen LogP contribution is -2.26. The fourth-order valence-corrected chi connectivity index (χ4v) is 3.93. The summed E-state index contributed by atoms with van der Waals surface area (Å²) in [6.07, 6.45) is 7.43. The van der Waals surface area contributed by atoms with Crippen LogP contribution in [0.5, 0.6) is 0 Å². The third-order valence-corrected chi connectivity index (χ3v) is 5.12. The minimum Gasteiger partial charge on any atom is -0.305 e. The first-order valence-corrected chi connectivity index (χ1v) is 7.98. The number of hydrogen-bond acceptors (Lipinski definition) is 3. The van der Waals surface area contributed by atoms with E-state index < -0.39 is 0 Å². The normalized spacial score (nSPS) is 17.9. The molecule has 102 valence electrons. The zero-order chi connectivity index (χ0) is 13.1. The van der Waals surface area contributed by atoms with Gasteiger partial charge >= 0.3 is 0 Å². The molecule has 2 aromatic rings. The molecule has 0 radical (unpaired) electrons. The van der Waals surface area contributed by atoms with Gasteiger partial charge in [-0.3, -0.25) is 5.10 Å². The number of thiophene rings is 1. The lowest BCUT2D eigenvalue weighted by Gasteiger charge is -2.23. The Morgan fingerprint density at radius 2 is 2.32 bits per heavy atom. The molecule has 1 aliphatic carbocycles. The van der Waals surface area contributed by atoms with E-state index in [-0.39, 0.29) is 0 Å². The average molecular weight is 275 g/mol. The summed E-state index contributed by atoms with van der Waals surface area (Å²) in [6.45, 7) is 2.99. The van der Waals surface area contributed by atoms with E-state index in [2.05, 4.69) is 40.0 Å². The number of aromatic amines is 1. The van der Waals surface area contributed by atoms with Gasteiger partial charge in [0.2, 0.25) is 0 Å². The number of hydrogen-bond donors (Lipinski definition) is 2. The quantitative estimate of drug-likeness (QED) is 0.871. The summed E-state index contributed by atoms with van der Waals surface area (Å²) in [6, 6.07) is 4.94. The van der Waals surface area contributed by atoms with E-state index >= 15 is 0 Å². The van der Waals surface area contributed by atoms with Crippen molar-refractivity contribution in [1.82, 2.24) is 15.5 Å². The number of nitrogens with one attached hydrogen (secondary N) is 2. The maximum atomic E-state index is 4.10. The van der Waals surface area contributed by atoms with E-state index in [1.807, 2.05) is 17.5 Å². The lowest BCUT2D eigenvalue weighted by atomic mass is 9.96. The van der Waals surface area contributed by atoms with Crippen molar-refractivity contribution in [3.05, 3.63) is 39.8 Å². The molecule has 1 atom stereocenters. The predicted octanol–water partition coefficient (Wildman–Crippen LogP) is 3.80. The van der Waals surface area contributed by atoms with Crippen LogP contribution in [0.2, 0.25) is 0 Å². The molecule has 2 N–H and O–H groups in total. The summed E-state index contributed by atoms with van der Waals surface area (Å²) < 4.78 is 0. The molecule has 0 aliphatic heterocycles. The second-order valence-electron chi connectivity index (χ2n) is 5.44. The smallest absolute Gasteiger partial charge is 0.0535 e. The number of aromatic nitrogens is 2. The van der Waals surface area contributed by atoms with E-state index in [0.29, 0.717) is 6.04 Å². The van der Waals surface area contributed by atoms with Crippen molar-refractivity contribution in [2.45, 2.75) is 45.2 Å². The predicted molar refractivity (Wildman–Crippen MR) is 79.2 cm³/mol. The van der Waals surface area contributed by atoms with Crippen molar-refractivity contribution >= 4 is 11.3 Å². The van der Waals surface area contributed by atoms with Gasteiger partial charge in [0, 0.05) is 28.7 Å². The minimum atomic E-state index is 0.511. The molecule has 2 heterocycles. The molecule has 1 saturated carbocycles. The fraction of sp³-hybridized carbons (Fsp3) is 0.533. The number of rotatable bonds is 5. The summed E-state index contributed by atoms with van der Waals surface area (Å²) in [7, 11) is 0. The Hall–Kier alpha value is -1.13. The summed E-state index contributed by atoms with van der Waals surface area (Å²) in [5, 5.41) is 13.0. The van der Waals surface area contributed by atoms with Crippen LogP contribution >= 0.6 is 11.3 Å². The van der Waals surface area contributed by atoms with E-state index in [1.54, 1.807) is 0 Å². The SMILES string of the molecule is Cc1[nH]ncc1CNC(c1cccs1)C1CCCC1. The molecule has 0 spiro atoms. The zero-order valence-electron chi connectivity index (χ0n) is 11.4. The van der Waals surface area contributed by atoms with Crippen molar-refractivity contribution in [3.8, 4) is 0 Å². The maximum absolute atomic E-state index is 4.10. The molecule has 0 amide bonds. The molecular formula is C15H21N3S. The number of H-pyrrole nitrogens is 1. The molecule has 3 rings (SSSR count). The third-order valence-electron chi connectivity index (χ3n) is 4.17.